The summed E-state index contributed by atoms with van der Waals surface area (Å²) in [6.07, 6.45) is 16.9. The van der Waals surface area contributed by atoms with Crippen LogP contribution in [-0.4, -0.2) is 37.9 Å². The highest BCUT2D eigenvalue weighted by Crippen LogP contribution is 2.25. The number of rotatable bonds is 14. The zero-order valence-corrected chi connectivity index (χ0v) is 22.4. The minimum atomic E-state index is -0.0239. The number of hydrogen-bond acceptors (Lipinski definition) is 5. The van der Waals surface area contributed by atoms with Crippen molar-refractivity contribution in [2.24, 2.45) is 7.05 Å². The van der Waals surface area contributed by atoms with Gasteiger partial charge in [-0.1, -0.05) is 82.4 Å². The fourth-order valence-electron chi connectivity index (χ4n) is 4.65. The number of thioether (sulfide) groups is 1. The molecule has 0 aromatic carbocycles. The standard InChI is InChI=1S/C27H43N5OS/c1-4-6-8-9-10-11-12-13-14-18-22-34-27-29-24-23(25(33)30(27)3)32(21-7-5-2)26(28-24)31-19-16-15-17-20-31/h4,6,8-22H2,1-3H3. The average Bonchev–Trinajstić information content (AvgIpc) is 3.23. The molecule has 7 heteroatoms. The third-order valence-electron chi connectivity index (χ3n) is 6.71. The molecule has 0 saturated carbocycles. The molecule has 2 aromatic rings. The third-order valence-corrected chi connectivity index (χ3v) is 7.82. The molecule has 34 heavy (non-hydrogen) atoms. The molecule has 188 valence electrons. The summed E-state index contributed by atoms with van der Waals surface area (Å²) < 4.78 is 3.67. The van der Waals surface area contributed by atoms with Crippen LogP contribution in [0.25, 0.3) is 11.2 Å². The fraction of sp³-hybridized carbons (Fsp3) is 0.741. The number of hydrogen-bond donors (Lipinski definition) is 0. The van der Waals surface area contributed by atoms with Crippen molar-refractivity contribution in [3.05, 3.63) is 10.4 Å². The number of fused-ring (bicyclic) bond motifs is 1. The predicted octanol–water partition coefficient (Wildman–Crippen LogP) is 6.16. The molecule has 6 nitrogen and oxygen atoms in total. The number of aromatic nitrogens is 4. The average molecular weight is 486 g/mol. The largest absolute Gasteiger partial charge is 0.342 e. The molecular weight excluding hydrogens is 442 g/mol. The van der Waals surface area contributed by atoms with Crippen LogP contribution in [0, 0.1) is 11.8 Å². The Morgan fingerprint density at radius 3 is 2.21 bits per heavy atom. The molecular formula is C27H43N5OS. The van der Waals surface area contributed by atoms with E-state index < -0.39 is 0 Å². The van der Waals surface area contributed by atoms with E-state index in [1.165, 1.54) is 64.2 Å². The van der Waals surface area contributed by atoms with Gasteiger partial charge in [-0.05, 0) is 32.6 Å². The summed E-state index contributed by atoms with van der Waals surface area (Å²) >= 11 is 1.68. The van der Waals surface area contributed by atoms with E-state index in [2.05, 4.69) is 23.7 Å². The van der Waals surface area contributed by atoms with Gasteiger partial charge in [0.05, 0.1) is 6.54 Å². The molecule has 0 atom stereocenters. The van der Waals surface area contributed by atoms with Gasteiger partial charge in [0.2, 0.25) is 5.95 Å². The summed E-state index contributed by atoms with van der Waals surface area (Å²) in [5, 5.41) is 0.768. The van der Waals surface area contributed by atoms with Gasteiger partial charge in [0, 0.05) is 25.9 Å². The molecule has 3 heterocycles. The summed E-state index contributed by atoms with van der Waals surface area (Å²) in [5.41, 5.74) is 1.12. The van der Waals surface area contributed by atoms with Crippen LogP contribution in [0.15, 0.2) is 9.95 Å². The van der Waals surface area contributed by atoms with Gasteiger partial charge >= 0.3 is 0 Å². The van der Waals surface area contributed by atoms with Crippen molar-refractivity contribution >= 4 is 28.9 Å². The van der Waals surface area contributed by atoms with Crippen molar-refractivity contribution in [3.8, 4) is 11.8 Å². The lowest BCUT2D eigenvalue weighted by Gasteiger charge is -2.27. The lowest BCUT2D eigenvalue weighted by Crippen LogP contribution is -2.32. The Labute approximate surface area is 209 Å². The van der Waals surface area contributed by atoms with E-state index in [-0.39, 0.29) is 5.56 Å². The first-order valence-corrected chi connectivity index (χ1v) is 14.4. The topological polar surface area (TPSA) is 56.0 Å². The van der Waals surface area contributed by atoms with Crippen molar-refractivity contribution in [2.75, 3.05) is 23.7 Å². The van der Waals surface area contributed by atoms with Crippen LogP contribution >= 0.6 is 11.8 Å². The number of anilines is 1. The second-order valence-electron chi connectivity index (χ2n) is 9.43. The first kappa shape index (κ1) is 26.7. The zero-order valence-electron chi connectivity index (χ0n) is 21.6. The molecule has 1 aliphatic rings. The van der Waals surface area contributed by atoms with E-state index in [0.29, 0.717) is 17.7 Å². The molecule has 3 rings (SSSR count). The van der Waals surface area contributed by atoms with Gasteiger partial charge in [-0.15, -0.1) is 5.92 Å². The second-order valence-corrected chi connectivity index (χ2v) is 10.5. The number of piperidine rings is 1. The predicted molar refractivity (Wildman–Crippen MR) is 145 cm³/mol. The van der Waals surface area contributed by atoms with Crippen LogP contribution in [0.3, 0.4) is 0 Å². The molecule has 1 saturated heterocycles. The van der Waals surface area contributed by atoms with Crippen LogP contribution in [-0.2, 0) is 13.6 Å². The highest BCUT2D eigenvalue weighted by Gasteiger charge is 2.23. The quantitative estimate of drug-likeness (QED) is 0.139. The smallest absolute Gasteiger partial charge is 0.280 e. The molecule has 0 aliphatic carbocycles. The van der Waals surface area contributed by atoms with E-state index in [0.717, 1.165) is 49.2 Å². The second kappa shape index (κ2) is 14.5. The highest BCUT2D eigenvalue weighted by molar-refractivity contribution is 7.99. The minimum Gasteiger partial charge on any atom is -0.342 e. The summed E-state index contributed by atoms with van der Waals surface area (Å²) in [6.45, 7) is 6.53. The molecule has 1 aliphatic heterocycles. The molecule has 0 radical (unpaired) electrons. The Kier molecular flexibility index (Phi) is 11.3. The number of imidazole rings is 1. The number of unbranched alkanes of at least 4 members (excludes halogenated alkanes) is 9. The van der Waals surface area contributed by atoms with E-state index in [9.17, 15) is 4.79 Å². The Morgan fingerprint density at radius 1 is 0.912 bits per heavy atom. The fourth-order valence-corrected chi connectivity index (χ4v) is 5.61. The maximum atomic E-state index is 13.3. The lowest BCUT2D eigenvalue weighted by molar-refractivity contribution is 0.561. The first-order valence-electron chi connectivity index (χ1n) is 13.4. The van der Waals surface area contributed by atoms with Gasteiger partial charge in [-0.2, -0.15) is 4.98 Å². The zero-order chi connectivity index (χ0) is 24.2. The summed E-state index contributed by atoms with van der Waals surface area (Å²) in [6, 6.07) is 0. The van der Waals surface area contributed by atoms with Crippen molar-refractivity contribution in [1.29, 1.82) is 0 Å². The van der Waals surface area contributed by atoms with Gasteiger partial charge < -0.3 is 4.90 Å². The van der Waals surface area contributed by atoms with Crippen molar-refractivity contribution in [1.82, 2.24) is 19.1 Å². The van der Waals surface area contributed by atoms with Gasteiger partial charge in [0.15, 0.2) is 16.3 Å². The molecule has 2 aromatic heterocycles. The molecule has 0 amide bonds. The van der Waals surface area contributed by atoms with Gasteiger partial charge in [-0.25, -0.2) is 4.98 Å². The SMILES string of the molecule is CC#CCn1c(N2CCCCC2)nc2nc(SCCCCCCCCCCCC)n(C)c(=O)c21. The van der Waals surface area contributed by atoms with E-state index >= 15 is 0 Å². The molecule has 1 fully saturated rings. The van der Waals surface area contributed by atoms with Crippen molar-refractivity contribution in [3.63, 3.8) is 0 Å². The summed E-state index contributed by atoms with van der Waals surface area (Å²) in [5.74, 6) is 7.92. The first-order chi connectivity index (χ1) is 16.7. The van der Waals surface area contributed by atoms with Crippen LogP contribution < -0.4 is 10.5 Å². The summed E-state index contributed by atoms with van der Waals surface area (Å²) in [4.78, 5) is 25.3. The van der Waals surface area contributed by atoms with E-state index in [1.807, 2.05) is 18.5 Å². The molecule has 0 unspecified atom stereocenters. The van der Waals surface area contributed by atoms with Crippen molar-refractivity contribution < 1.29 is 0 Å². The Bertz CT molecular complexity index is 1010. The van der Waals surface area contributed by atoms with Crippen LogP contribution in [0.2, 0.25) is 0 Å². The lowest BCUT2D eigenvalue weighted by atomic mass is 10.1. The van der Waals surface area contributed by atoms with Crippen molar-refractivity contribution in [2.45, 2.75) is 109 Å². The molecule has 0 spiro atoms. The molecule has 0 N–H and O–H groups in total. The van der Waals surface area contributed by atoms with Gasteiger partial charge in [-0.3, -0.25) is 13.9 Å². The maximum absolute atomic E-state index is 13.3. The minimum absolute atomic E-state index is 0.0239. The Balaban J connectivity index is 1.59. The van der Waals surface area contributed by atoms with Crippen LogP contribution in [0.5, 0.6) is 0 Å². The maximum Gasteiger partial charge on any atom is 0.280 e. The Morgan fingerprint density at radius 2 is 1.56 bits per heavy atom. The monoisotopic (exact) mass is 485 g/mol. The summed E-state index contributed by atoms with van der Waals surface area (Å²) in [7, 11) is 1.83. The number of nitrogens with zero attached hydrogens (tertiary/aromatic N) is 5. The molecule has 0 bridgehead atoms. The highest BCUT2D eigenvalue weighted by atomic mass is 32.2. The third kappa shape index (κ3) is 7.28. The van der Waals surface area contributed by atoms with Crippen LogP contribution in [0.1, 0.15) is 97.3 Å². The normalized spacial score (nSPS) is 13.9. The van der Waals surface area contributed by atoms with E-state index in [1.54, 1.807) is 16.3 Å². The van der Waals surface area contributed by atoms with Crippen LogP contribution in [0.4, 0.5) is 5.95 Å². The Hall–Kier alpha value is -1.94. The van der Waals surface area contributed by atoms with Gasteiger partial charge in [0.25, 0.3) is 5.56 Å². The van der Waals surface area contributed by atoms with Gasteiger partial charge in [0.1, 0.15) is 0 Å². The van der Waals surface area contributed by atoms with E-state index in [4.69, 9.17) is 9.97 Å².